The number of thiazole rings is 1. The molecule has 2 aromatic heterocycles. The molecule has 0 saturated carbocycles. The molecule has 0 spiro atoms. The van der Waals surface area contributed by atoms with Crippen LogP contribution < -0.4 is 4.80 Å². The lowest BCUT2D eigenvalue weighted by atomic mass is 10.0. The maximum Gasteiger partial charge on any atom is 0.271 e. The number of aromatic nitrogens is 1. The topological polar surface area (TPSA) is 124 Å². The monoisotopic (exact) mass is 524 g/mol. The first-order valence-electron chi connectivity index (χ1n) is 10.8. The van der Waals surface area contributed by atoms with Crippen molar-refractivity contribution in [1.29, 1.82) is 0 Å². The van der Waals surface area contributed by atoms with E-state index in [1.807, 2.05) is 6.92 Å². The number of nitro groups is 1. The summed E-state index contributed by atoms with van der Waals surface area (Å²) >= 11 is 2.35. The van der Waals surface area contributed by atoms with Crippen LogP contribution in [0.1, 0.15) is 26.2 Å². The lowest BCUT2D eigenvalue weighted by Crippen LogP contribution is -2.47. The number of hydrogen-bond donors (Lipinski definition) is 0. The molecule has 1 aliphatic rings. The zero-order chi connectivity index (χ0) is 24.3. The minimum Gasteiger partial charge on any atom is -0.380 e. The Morgan fingerprint density at radius 1 is 1.32 bits per heavy atom. The van der Waals surface area contributed by atoms with Gasteiger partial charge in [0.2, 0.25) is 0 Å². The Labute approximate surface area is 204 Å². The van der Waals surface area contributed by atoms with E-state index in [1.165, 1.54) is 33.8 Å². The Morgan fingerprint density at radius 3 is 2.85 bits per heavy atom. The number of amides is 1. The number of thiophene rings is 1. The summed E-state index contributed by atoms with van der Waals surface area (Å²) < 4.78 is 35.7. The molecule has 13 heteroatoms. The molecule has 0 radical (unpaired) electrons. The van der Waals surface area contributed by atoms with Gasteiger partial charge in [-0.25, -0.2) is 8.42 Å². The second-order valence-corrected chi connectivity index (χ2v) is 11.7. The van der Waals surface area contributed by atoms with E-state index in [0.29, 0.717) is 42.9 Å². The molecule has 182 valence electrons. The minimum absolute atomic E-state index is 0.0613. The fourth-order valence-corrected chi connectivity index (χ4v) is 7.72. The zero-order valence-electron chi connectivity index (χ0n) is 18.5. The highest BCUT2D eigenvalue weighted by Crippen LogP contribution is 2.29. The Hall–Kier alpha value is -2.45. The Bertz CT molecular complexity index is 1360. The third-order valence-electron chi connectivity index (χ3n) is 5.54. The molecular weight excluding hydrogens is 500 g/mol. The molecule has 1 amide bonds. The third kappa shape index (κ3) is 4.98. The van der Waals surface area contributed by atoms with Gasteiger partial charge in [-0.15, -0.1) is 11.3 Å². The largest absolute Gasteiger partial charge is 0.380 e. The van der Waals surface area contributed by atoms with Crippen molar-refractivity contribution in [1.82, 2.24) is 8.87 Å². The molecule has 1 aromatic carbocycles. The number of carbonyl (C=O) groups is 1. The summed E-state index contributed by atoms with van der Waals surface area (Å²) in [5.41, 5.74) is 0.519. The van der Waals surface area contributed by atoms with Gasteiger partial charge in [0.25, 0.3) is 21.6 Å². The molecule has 3 aromatic rings. The van der Waals surface area contributed by atoms with Crippen molar-refractivity contribution in [2.24, 2.45) is 4.99 Å². The normalized spacial score (nSPS) is 17.9. The quantitative estimate of drug-likeness (QED) is 0.253. The van der Waals surface area contributed by atoms with E-state index in [-0.39, 0.29) is 16.4 Å². The van der Waals surface area contributed by atoms with Gasteiger partial charge in [0.05, 0.1) is 21.7 Å². The maximum absolute atomic E-state index is 13.3. The molecule has 1 aliphatic heterocycles. The van der Waals surface area contributed by atoms with Crippen molar-refractivity contribution in [2.45, 2.75) is 43.0 Å². The number of sulfonamides is 1. The van der Waals surface area contributed by atoms with Crippen molar-refractivity contribution < 1.29 is 22.9 Å². The van der Waals surface area contributed by atoms with Crippen LogP contribution in [0.2, 0.25) is 0 Å². The van der Waals surface area contributed by atoms with Gasteiger partial charge in [-0.3, -0.25) is 14.9 Å². The molecule has 0 bridgehead atoms. The first-order chi connectivity index (χ1) is 16.3. The Kier molecular flexibility index (Phi) is 7.57. The number of benzene rings is 1. The van der Waals surface area contributed by atoms with Gasteiger partial charge < -0.3 is 9.30 Å². The van der Waals surface area contributed by atoms with Gasteiger partial charge >= 0.3 is 0 Å². The van der Waals surface area contributed by atoms with Gasteiger partial charge in [0.15, 0.2) is 4.80 Å². The SMILES string of the molecule is CCOCCn1c(=NC(=O)C2CCCCN2S(=O)(=O)c2cccs2)sc2ccc([N+](=O)[O-])cc21. The molecule has 1 atom stereocenters. The Morgan fingerprint density at radius 2 is 2.15 bits per heavy atom. The number of fused-ring (bicyclic) bond motifs is 1. The van der Waals surface area contributed by atoms with Crippen LogP contribution in [0.15, 0.2) is 44.9 Å². The van der Waals surface area contributed by atoms with E-state index >= 15 is 0 Å². The zero-order valence-corrected chi connectivity index (χ0v) is 20.9. The van der Waals surface area contributed by atoms with Crippen LogP contribution in [-0.2, 0) is 26.1 Å². The second-order valence-electron chi connectivity index (χ2n) is 7.65. The Balaban J connectivity index is 1.75. The lowest BCUT2D eigenvalue weighted by Gasteiger charge is -2.31. The van der Waals surface area contributed by atoms with Gasteiger partial charge in [-0.1, -0.05) is 23.8 Å². The first kappa shape index (κ1) is 24.7. The van der Waals surface area contributed by atoms with Crippen LogP contribution in [0.4, 0.5) is 5.69 Å². The fourth-order valence-electron chi connectivity index (χ4n) is 3.91. The number of non-ortho nitro benzene ring substituents is 1. The average Bonchev–Trinajstić information content (AvgIpc) is 3.48. The summed E-state index contributed by atoms with van der Waals surface area (Å²) in [6, 6.07) is 6.81. The van der Waals surface area contributed by atoms with Gasteiger partial charge in [0, 0.05) is 31.8 Å². The van der Waals surface area contributed by atoms with Crippen molar-refractivity contribution in [2.75, 3.05) is 19.8 Å². The summed E-state index contributed by atoms with van der Waals surface area (Å²) in [5.74, 6) is -0.536. The molecule has 1 fully saturated rings. The first-order valence-corrected chi connectivity index (χ1v) is 14.0. The standard InChI is InChI=1S/C21H24N4O6S3/c1-2-31-12-11-23-17-14-15(25(27)28)8-9-18(17)33-21(23)22-20(26)16-6-3-4-10-24(16)34(29,30)19-7-5-13-32-19/h5,7-9,13-14,16H,2-4,6,10-12H2,1H3. The van der Waals surface area contributed by atoms with Crippen LogP contribution >= 0.6 is 22.7 Å². The number of rotatable bonds is 8. The van der Waals surface area contributed by atoms with E-state index in [9.17, 15) is 23.3 Å². The van der Waals surface area contributed by atoms with Crippen LogP contribution in [-0.4, -0.2) is 53.9 Å². The van der Waals surface area contributed by atoms with E-state index in [2.05, 4.69) is 4.99 Å². The smallest absolute Gasteiger partial charge is 0.271 e. The molecule has 10 nitrogen and oxygen atoms in total. The second kappa shape index (κ2) is 10.4. The maximum atomic E-state index is 13.3. The number of piperidine rings is 1. The molecule has 1 unspecified atom stereocenters. The minimum atomic E-state index is -3.80. The molecule has 34 heavy (non-hydrogen) atoms. The van der Waals surface area contributed by atoms with Crippen LogP contribution in [0, 0.1) is 10.1 Å². The molecule has 3 heterocycles. The molecule has 0 N–H and O–H groups in total. The summed E-state index contributed by atoms with van der Waals surface area (Å²) in [6.07, 6.45) is 1.79. The highest BCUT2D eigenvalue weighted by atomic mass is 32.2. The van der Waals surface area contributed by atoms with Crippen molar-refractivity contribution in [3.63, 3.8) is 0 Å². The van der Waals surface area contributed by atoms with Crippen LogP contribution in [0.25, 0.3) is 10.2 Å². The van der Waals surface area contributed by atoms with Gasteiger partial charge in [-0.2, -0.15) is 9.30 Å². The highest BCUT2D eigenvalue weighted by Gasteiger charge is 2.38. The lowest BCUT2D eigenvalue weighted by molar-refractivity contribution is -0.384. The summed E-state index contributed by atoms with van der Waals surface area (Å²) in [7, 11) is -3.80. The summed E-state index contributed by atoms with van der Waals surface area (Å²) in [5, 5.41) is 13.0. The van der Waals surface area contributed by atoms with E-state index in [1.54, 1.807) is 22.1 Å². The predicted molar refractivity (Wildman–Crippen MR) is 129 cm³/mol. The molecular formula is C21H24N4O6S3. The number of nitro benzene ring substituents is 1. The fraction of sp³-hybridized carbons (Fsp3) is 0.429. The third-order valence-corrected chi connectivity index (χ3v) is 9.88. The number of carbonyl (C=O) groups excluding carboxylic acids is 1. The summed E-state index contributed by atoms with van der Waals surface area (Å²) in [4.78, 5) is 28.8. The number of hydrogen-bond acceptors (Lipinski definition) is 8. The molecule has 4 rings (SSSR count). The van der Waals surface area contributed by atoms with Gasteiger partial charge in [0.1, 0.15) is 10.3 Å². The van der Waals surface area contributed by atoms with Crippen molar-refractivity contribution >= 4 is 54.5 Å². The van der Waals surface area contributed by atoms with E-state index < -0.39 is 26.9 Å². The van der Waals surface area contributed by atoms with Crippen molar-refractivity contribution in [3.05, 3.63) is 50.6 Å². The number of ether oxygens (including phenoxy) is 1. The van der Waals surface area contributed by atoms with E-state index in [4.69, 9.17) is 4.74 Å². The average molecular weight is 525 g/mol. The molecule has 1 saturated heterocycles. The van der Waals surface area contributed by atoms with Gasteiger partial charge in [-0.05, 0) is 37.3 Å². The number of nitrogens with zero attached hydrogens (tertiary/aromatic N) is 4. The molecule has 0 aliphatic carbocycles. The predicted octanol–water partition coefficient (Wildman–Crippen LogP) is 3.38. The van der Waals surface area contributed by atoms with Crippen molar-refractivity contribution in [3.8, 4) is 0 Å². The van der Waals surface area contributed by atoms with E-state index in [0.717, 1.165) is 22.5 Å². The highest BCUT2D eigenvalue weighted by molar-refractivity contribution is 7.91. The van der Waals surface area contributed by atoms with Crippen LogP contribution in [0.3, 0.4) is 0 Å². The summed E-state index contributed by atoms with van der Waals surface area (Å²) in [6.45, 7) is 3.32. The van der Waals surface area contributed by atoms with Crippen LogP contribution in [0.5, 0.6) is 0 Å².